The second-order valence-corrected chi connectivity index (χ2v) is 2.91. The van der Waals surface area contributed by atoms with Crippen molar-refractivity contribution in [3.05, 3.63) is 41.6 Å². The Morgan fingerprint density at radius 1 is 1.07 bits per heavy atom. The summed E-state index contributed by atoms with van der Waals surface area (Å²) in [6.07, 6.45) is 2.99. The van der Waals surface area contributed by atoms with Crippen LogP contribution in [0.3, 0.4) is 0 Å². The van der Waals surface area contributed by atoms with Crippen LogP contribution in [0.4, 0.5) is 0 Å². The average molecular weight is 185 g/mol. The molecule has 68 valence electrons. The van der Waals surface area contributed by atoms with E-state index in [4.69, 9.17) is 0 Å². The lowest BCUT2D eigenvalue weighted by Gasteiger charge is -2.00. The van der Waals surface area contributed by atoms with Gasteiger partial charge in [0.1, 0.15) is 0 Å². The van der Waals surface area contributed by atoms with Gasteiger partial charge < -0.3 is 0 Å². The van der Waals surface area contributed by atoms with Crippen LogP contribution in [0.15, 0.2) is 30.5 Å². The Morgan fingerprint density at radius 2 is 1.79 bits per heavy atom. The molecule has 2 rings (SSSR count). The minimum Gasteiger partial charge on any atom is -0.298 e. The third-order valence-electron chi connectivity index (χ3n) is 2.06. The highest BCUT2D eigenvalue weighted by molar-refractivity contribution is 5.97. The Balaban J connectivity index is 2.81. The molecule has 1 aromatic heterocycles. The van der Waals surface area contributed by atoms with Gasteiger partial charge in [-0.25, -0.2) is 0 Å². The van der Waals surface area contributed by atoms with Gasteiger partial charge in [0.05, 0.1) is 5.52 Å². The zero-order valence-corrected chi connectivity index (χ0v) is 7.31. The topological polar surface area (TPSA) is 47.0 Å². The molecule has 3 nitrogen and oxygen atoms in total. The van der Waals surface area contributed by atoms with Gasteiger partial charge in [0, 0.05) is 22.7 Å². The summed E-state index contributed by atoms with van der Waals surface area (Å²) in [5.41, 5.74) is 1.51. The largest absolute Gasteiger partial charge is 0.298 e. The number of carbonyl (C=O) groups is 2. The van der Waals surface area contributed by atoms with E-state index in [1.54, 1.807) is 24.4 Å². The van der Waals surface area contributed by atoms with Crippen LogP contribution >= 0.6 is 0 Å². The molecular formula is C11H7NO2. The number of carbonyl (C=O) groups excluding carboxylic acids is 2. The maximum Gasteiger partial charge on any atom is 0.150 e. The number of aldehydes is 2. The summed E-state index contributed by atoms with van der Waals surface area (Å²) in [5, 5.41) is 0.861. The number of fused-ring (bicyclic) bond motifs is 1. The number of hydrogen-bond donors (Lipinski definition) is 0. The predicted octanol–water partition coefficient (Wildman–Crippen LogP) is 1.86. The highest BCUT2D eigenvalue weighted by atomic mass is 16.1. The van der Waals surface area contributed by atoms with E-state index in [-0.39, 0.29) is 0 Å². The standard InChI is InChI=1S/C11H7NO2/c13-6-9-4-8-2-1-3-12-11(8)5-10(9)7-14/h1-7H. The minimum atomic E-state index is 0.381. The van der Waals surface area contributed by atoms with Crippen molar-refractivity contribution in [3.63, 3.8) is 0 Å². The molecule has 0 radical (unpaired) electrons. The van der Waals surface area contributed by atoms with E-state index in [0.717, 1.165) is 10.9 Å². The normalized spacial score (nSPS) is 10.0. The van der Waals surface area contributed by atoms with Crippen LogP contribution in [0, 0.1) is 0 Å². The quantitative estimate of drug-likeness (QED) is 0.671. The molecule has 0 aliphatic heterocycles. The first-order valence-corrected chi connectivity index (χ1v) is 4.14. The summed E-state index contributed by atoms with van der Waals surface area (Å²) in [6, 6.07) is 6.92. The van der Waals surface area contributed by atoms with Crippen LogP contribution in [0.2, 0.25) is 0 Å². The molecule has 0 N–H and O–H groups in total. The van der Waals surface area contributed by atoms with Gasteiger partial charge in [-0.15, -0.1) is 0 Å². The fourth-order valence-electron chi connectivity index (χ4n) is 1.36. The number of hydrogen-bond acceptors (Lipinski definition) is 3. The van der Waals surface area contributed by atoms with E-state index in [9.17, 15) is 9.59 Å². The SMILES string of the molecule is O=Cc1cc2cccnc2cc1C=O. The number of rotatable bonds is 2. The Morgan fingerprint density at radius 3 is 2.50 bits per heavy atom. The predicted molar refractivity (Wildman–Crippen MR) is 52.5 cm³/mol. The van der Waals surface area contributed by atoms with E-state index >= 15 is 0 Å². The Labute approximate surface area is 80.4 Å². The van der Waals surface area contributed by atoms with Crippen molar-refractivity contribution in [2.75, 3.05) is 0 Å². The first-order chi connectivity index (χ1) is 6.85. The lowest BCUT2D eigenvalue weighted by Crippen LogP contribution is -1.91. The molecule has 0 atom stereocenters. The molecule has 3 heteroatoms. The lowest BCUT2D eigenvalue weighted by molar-refractivity contribution is 0.109. The zero-order chi connectivity index (χ0) is 9.97. The summed E-state index contributed by atoms with van der Waals surface area (Å²) < 4.78 is 0. The van der Waals surface area contributed by atoms with Crippen molar-refractivity contribution < 1.29 is 9.59 Å². The summed E-state index contributed by atoms with van der Waals surface area (Å²) in [6.45, 7) is 0. The number of nitrogens with zero attached hydrogens (tertiary/aromatic N) is 1. The van der Waals surface area contributed by atoms with E-state index in [1.807, 2.05) is 6.07 Å². The van der Waals surface area contributed by atoms with Gasteiger partial charge in [0.2, 0.25) is 0 Å². The molecule has 0 aliphatic rings. The minimum absolute atomic E-state index is 0.381. The molecule has 1 heterocycles. The van der Waals surface area contributed by atoms with Gasteiger partial charge in [-0.3, -0.25) is 14.6 Å². The molecule has 0 spiro atoms. The second-order valence-electron chi connectivity index (χ2n) is 2.91. The molecule has 2 aromatic rings. The average Bonchev–Trinajstić information content (AvgIpc) is 2.27. The van der Waals surface area contributed by atoms with Crippen molar-refractivity contribution in [1.82, 2.24) is 4.98 Å². The monoisotopic (exact) mass is 185 g/mol. The van der Waals surface area contributed by atoms with Crippen LogP contribution in [0.1, 0.15) is 20.7 Å². The van der Waals surface area contributed by atoms with Crippen LogP contribution < -0.4 is 0 Å². The Bertz CT molecular complexity index is 459. The van der Waals surface area contributed by atoms with Crippen molar-refractivity contribution in [1.29, 1.82) is 0 Å². The fraction of sp³-hybridized carbons (Fsp3) is 0. The molecule has 0 saturated carbocycles. The van der Waals surface area contributed by atoms with Crippen molar-refractivity contribution in [2.45, 2.75) is 0 Å². The smallest absolute Gasteiger partial charge is 0.150 e. The summed E-state index contributed by atoms with van der Waals surface area (Å²) in [7, 11) is 0. The maximum atomic E-state index is 10.7. The van der Waals surface area contributed by atoms with Crippen LogP contribution in [-0.4, -0.2) is 17.6 Å². The molecule has 14 heavy (non-hydrogen) atoms. The van der Waals surface area contributed by atoms with Crippen molar-refractivity contribution in [3.8, 4) is 0 Å². The second kappa shape index (κ2) is 3.38. The molecule has 0 amide bonds. The Kier molecular flexibility index (Phi) is 2.07. The van der Waals surface area contributed by atoms with Gasteiger partial charge in [0.15, 0.2) is 12.6 Å². The number of pyridine rings is 1. The molecule has 0 bridgehead atoms. The summed E-state index contributed by atoms with van der Waals surface area (Å²) >= 11 is 0. The van der Waals surface area contributed by atoms with Crippen molar-refractivity contribution in [2.24, 2.45) is 0 Å². The Hall–Kier alpha value is -2.03. The first kappa shape index (κ1) is 8.56. The van der Waals surface area contributed by atoms with Crippen LogP contribution in [0.25, 0.3) is 10.9 Å². The molecule has 0 unspecified atom stereocenters. The van der Waals surface area contributed by atoms with Gasteiger partial charge >= 0.3 is 0 Å². The van der Waals surface area contributed by atoms with E-state index < -0.39 is 0 Å². The third kappa shape index (κ3) is 1.29. The number of aromatic nitrogens is 1. The van der Waals surface area contributed by atoms with Crippen LogP contribution in [0.5, 0.6) is 0 Å². The van der Waals surface area contributed by atoms with Crippen LogP contribution in [-0.2, 0) is 0 Å². The van der Waals surface area contributed by atoms with E-state index in [2.05, 4.69) is 4.98 Å². The van der Waals surface area contributed by atoms with E-state index in [0.29, 0.717) is 23.7 Å². The van der Waals surface area contributed by atoms with Gasteiger partial charge in [0.25, 0.3) is 0 Å². The highest BCUT2D eigenvalue weighted by Crippen LogP contribution is 2.15. The van der Waals surface area contributed by atoms with Gasteiger partial charge in [-0.2, -0.15) is 0 Å². The molecule has 1 aromatic carbocycles. The zero-order valence-electron chi connectivity index (χ0n) is 7.31. The third-order valence-corrected chi connectivity index (χ3v) is 2.06. The first-order valence-electron chi connectivity index (χ1n) is 4.14. The molecule has 0 aliphatic carbocycles. The lowest BCUT2D eigenvalue weighted by atomic mass is 10.1. The summed E-state index contributed by atoms with van der Waals surface area (Å²) in [5.74, 6) is 0. The molecular weight excluding hydrogens is 178 g/mol. The maximum absolute atomic E-state index is 10.7. The van der Waals surface area contributed by atoms with Gasteiger partial charge in [-0.1, -0.05) is 6.07 Å². The number of benzene rings is 1. The van der Waals surface area contributed by atoms with Crippen molar-refractivity contribution >= 4 is 23.5 Å². The van der Waals surface area contributed by atoms with Gasteiger partial charge in [-0.05, 0) is 18.2 Å². The highest BCUT2D eigenvalue weighted by Gasteiger charge is 2.03. The fourth-order valence-corrected chi connectivity index (χ4v) is 1.36. The molecule has 0 fully saturated rings. The van der Waals surface area contributed by atoms with E-state index in [1.165, 1.54) is 0 Å². The summed E-state index contributed by atoms with van der Waals surface area (Å²) in [4.78, 5) is 25.4. The molecule has 0 saturated heterocycles.